The Labute approximate surface area is 187 Å². The van der Waals surface area contributed by atoms with Crippen LogP contribution in [0, 0.1) is 5.92 Å². The highest BCUT2D eigenvalue weighted by atomic mass is 16.3. The number of aromatic nitrogens is 2. The molecule has 32 heavy (non-hydrogen) atoms. The van der Waals surface area contributed by atoms with Gasteiger partial charge in [-0.25, -0.2) is 4.98 Å². The lowest BCUT2D eigenvalue weighted by Crippen LogP contribution is -2.38. The van der Waals surface area contributed by atoms with Crippen LogP contribution in [0.3, 0.4) is 0 Å². The molecule has 2 aromatic rings. The molecule has 3 aliphatic rings. The van der Waals surface area contributed by atoms with Crippen molar-refractivity contribution in [2.45, 2.75) is 70.6 Å². The molecule has 1 aliphatic heterocycles. The summed E-state index contributed by atoms with van der Waals surface area (Å²) < 4.78 is 1.87. The minimum atomic E-state index is -0.457. The summed E-state index contributed by atoms with van der Waals surface area (Å²) in [6, 6.07) is 3.75. The summed E-state index contributed by atoms with van der Waals surface area (Å²) in [4.78, 5) is 30.2. The average Bonchev–Trinajstić information content (AvgIpc) is 3.67. The standard InChI is InChI=1S/C25H30N4O3/c1-3-4-22(30)20-9-14(2)19(13-26-20)18-10-16-12-27-23(28-24(31)15-5-6-15)11-21(16)29(25(18)32)17-7-8-17/h9-13,15,17,20,22,26,30H,3-8H2,1-2H3,(H,27,28,31). The number of carbonyl (C=O) groups is 1. The van der Waals surface area contributed by atoms with E-state index in [0.29, 0.717) is 11.4 Å². The smallest absolute Gasteiger partial charge is 0.259 e. The second-order valence-electron chi connectivity index (χ2n) is 9.31. The Morgan fingerprint density at radius 3 is 2.75 bits per heavy atom. The Morgan fingerprint density at radius 1 is 1.31 bits per heavy atom. The Bertz CT molecular complexity index is 1190. The minimum Gasteiger partial charge on any atom is -0.391 e. The average molecular weight is 435 g/mol. The third kappa shape index (κ3) is 3.97. The van der Waals surface area contributed by atoms with E-state index in [0.717, 1.165) is 60.6 Å². The first-order valence-electron chi connectivity index (χ1n) is 11.7. The molecule has 7 nitrogen and oxygen atoms in total. The van der Waals surface area contributed by atoms with Gasteiger partial charge in [0.1, 0.15) is 5.82 Å². The molecule has 2 unspecified atom stereocenters. The fourth-order valence-electron chi connectivity index (χ4n) is 4.45. The number of pyridine rings is 2. The number of rotatable bonds is 7. The first-order chi connectivity index (χ1) is 15.5. The number of nitrogens with zero attached hydrogens (tertiary/aromatic N) is 2. The summed E-state index contributed by atoms with van der Waals surface area (Å²) in [5, 5.41) is 17.4. The molecule has 1 amide bonds. The van der Waals surface area contributed by atoms with Gasteiger partial charge in [-0.1, -0.05) is 19.4 Å². The molecule has 2 atom stereocenters. The van der Waals surface area contributed by atoms with Crippen molar-refractivity contribution in [2.24, 2.45) is 5.92 Å². The zero-order chi connectivity index (χ0) is 22.4. The van der Waals surface area contributed by atoms with Crippen molar-refractivity contribution in [1.82, 2.24) is 14.9 Å². The van der Waals surface area contributed by atoms with Crippen LogP contribution in [0.2, 0.25) is 0 Å². The van der Waals surface area contributed by atoms with Crippen LogP contribution in [0.4, 0.5) is 5.82 Å². The SMILES string of the molecule is CCCC(O)C1C=C(C)C(c2cc3cnc(NC(=O)C4CC4)cc3n(C3CC3)c2=O)=CN1. The van der Waals surface area contributed by atoms with E-state index in [-0.39, 0.29) is 29.5 Å². The van der Waals surface area contributed by atoms with Gasteiger partial charge in [-0.05, 0) is 50.7 Å². The van der Waals surface area contributed by atoms with Crippen molar-refractivity contribution < 1.29 is 9.90 Å². The van der Waals surface area contributed by atoms with Crippen LogP contribution in [-0.4, -0.2) is 32.7 Å². The molecule has 2 aliphatic carbocycles. The minimum absolute atomic E-state index is 0.00722. The molecule has 7 heteroatoms. The van der Waals surface area contributed by atoms with Crippen LogP contribution in [0.25, 0.3) is 16.5 Å². The van der Waals surface area contributed by atoms with E-state index >= 15 is 0 Å². The first-order valence-corrected chi connectivity index (χ1v) is 11.7. The topological polar surface area (TPSA) is 96.2 Å². The predicted molar refractivity (Wildman–Crippen MR) is 125 cm³/mol. The number of fused-ring (bicyclic) bond motifs is 1. The summed E-state index contributed by atoms with van der Waals surface area (Å²) >= 11 is 0. The highest BCUT2D eigenvalue weighted by Crippen LogP contribution is 2.37. The van der Waals surface area contributed by atoms with E-state index in [2.05, 4.69) is 22.5 Å². The number of hydrogen-bond acceptors (Lipinski definition) is 5. The zero-order valence-corrected chi connectivity index (χ0v) is 18.6. The number of aliphatic hydroxyl groups is 1. The molecule has 0 spiro atoms. The van der Waals surface area contributed by atoms with E-state index in [1.165, 1.54) is 0 Å². The number of amides is 1. The molecule has 2 saturated carbocycles. The summed E-state index contributed by atoms with van der Waals surface area (Å²) in [5.74, 6) is 0.604. The predicted octanol–water partition coefficient (Wildman–Crippen LogP) is 3.50. The molecular weight excluding hydrogens is 404 g/mol. The maximum Gasteiger partial charge on any atom is 0.259 e. The maximum absolute atomic E-state index is 13.6. The van der Waals surface area contributed by atoms with E-state index in [9.17, 15) is 14.7 Å². The lowest BCUT2D eigenvalue weighted by Gasteiger charge is -2.26. The molecule has 168 valence electrons. The second kappa shape index (κ2) is 8.20. The number of allylic oxidation sites excluding steroid dienone is 2. The molecule has 0 bridgehead atoms. The zero-order valence-electron chi connectivity index (χ0n) is 18.6. The maximum atomic E-state index is 13.6. The molecular formula is C25H30N4O3. The summed E-state index contributed by atoms with van der Waals surface area (Å²) in [6.45, 7) is 4.04. The number of nitrogens with one attached hydrogen (secondary N) is 2. The van der Waals surface area contributed by atoms with Crippen LogP contribution in [0.5, 0.6) is 0 Å². The highest BCUT2D eigenvalue weighted by molar-refractivity contribution is 5.95. The lowest BCUT2D eigenvalue weighted by molar-refractivity contribution is -0.117. The van der Waals surface area contributed by atoms with Gasteiger partial charge in [0.05, 0.1) is 17.7 Å². The third-order valence-corrected chi connectivity index (χ3v) is 6.60. The quantitative estimate of drug-likeness (QED) is 0.620. The van der Waals surface area contributed by atoms with E-state index < -0.39 is 6.10 Å². The Kier molecular flexibility index (Phi) is 5.37. The second-order valence-corrected chi connectivity index (χ2v) is 9.31. The lowest BCUT2D eigenvalue weighted by atomic mass is 9.93. The monoisotopic (exact) mass is 434 g/mol. The van der Waals surface area contributed by atoms with E-state index in [1.807, 2.05) is 35.9 Å². The van der Waals surface area contributed by atoms with Gasteiger partial charge in [0.25, 0.3) is 5.56 Å². The Balaban J connectivity index is 1.52. The van der Waals surface area contributed by atoms with Crippen LogP contribution in [0.1, 0.15) is 64.0 Å². The van der Waals surface area contributed by atoms with Crippen LogP contribution >= 0.6 is 0 Å². The number of hydrogen-bond donors (Lipinski definition) is 3. The van der Waals surface area contributed by atoms with Crippen LogP contribution in [0.15, 0.2) is 41.0 Å². The summed E-state index contributed by atoms with van der Waals surface area (Å²) in [7, 11) is 0. The van der Waals surface area contributed by atoms with Crippen molar-refractivity contribution in [3.05, 3.63) is 52.1 Å². The van der Waals surface area contributed by atoms with Gasteiger partial charge >= 0.3 is 0 Å². The Hall–Kier alpha value is -2.93. The van der Waals surface area contributed by atoms with Crippen molar-refractivity contribution in [3.8, 4) is 0 Å². The molecule has 3 heterocycles. The van der Waals surface area contributed by atoms with E-state index in [1.54, 1.807) is 6.20 Å². The molecule has 2 aromatic heterocycles. The van der Waals surface area contributed by atoms with E-state index in [4.69, 9.17) is 0 Å². The fourth-order valence-corrected chi connectivity index (χ4v) is 4.45. The third-order valence-electron chi connectivity index (χ3n) is 6.60. The molecule has 2 fully saturated rings. The summed E-state index contributed by atoms with van der Waals surface area (Å²) in [5.41, 5.74) is 3.23. The Morgan fingerprint density at radius 2 is 2.09 bits per heavy atom. The fraction of sp³-hybridized carbons (Fsp3) is 0.480. The molecule has 0 radical (unpaired) electrons. The van der Waals surface area contributed by atoms with Gasteiger partial charge in [-0.3, -0.25) is 9.59 Å². The molecule has 0 aromatic carbocycles. The largest absolute Gasteiger partial charge is 0.391 e. The van der Waals surface area contributed by atoms with Crippen molar-refractivity contribution in [2.75, 3.05) is 5.32 Å². The van der Waals surface area contributed by atoms with Crippen LogP contribution in [-0.2, 0) is 4.79 Å². The van der Waals surface area contributed by atoms with Gasteiger partial charge in [0.2, 0.25) is 5.91 Å². The highest BCUT2D eigenvalue weighted by Gasteiger charge is 2.31. The molecule has 5 rings (SSSR count). The molecule has 0 saturated heterocycles. The van der Waals surface area contributed by atoms with Crippen molar-refractivity contribution in [1.29, 1.82) is 0 Å². The van der Waals surface area contributed by atoms with Gasteiger partial charge < -0.3 is 20.3 Å². The number of dihydropyridines is 1. The van der Waals surface area contributed by atoms with Gasteiger partial charge in [-0.15, -0.1) is 0 Å². The number of anilines is 1. The van der Waals surface area contributed by atoms with Crippen molar-refractivity contribution >= 4 is 28.2 Å². The number of aliphatic hydroxyl groups excluding tert-OH is 1. The van der Waals surface area contributed by atoms with Crippen LogP contribution < -0.4 is 16.2 Å². The van der Waals surface area contributed by atoms with Gasteiger partial charge in [0, 0.05) is 46.9 Å². The number of carbonyl (C=O) groups excluding carboxylic acids is 1. The summed E-state index contributed by atoms with van der Waals surface area (Å²) in [6.07, 6.45) is 10.6. The normalized spacial score (nSPS) is 21.5. The first kappa shape index (κ1) is 20.9. The molecule has 3 N–H and O–H groups in total. The van der Waals surface area contributed by atoms with Gasteiger partial charge in [0.15, 0.2) is 0 Å². The van der Waals surface area contributed by atoms with Gasteiger partial charge in [-0.2, -0.15) is 0 Å². The van der Waals surface area contributed by atoms with Crippen molar-refractivity contribution in [3.63, 3.8) is 0 Å².